The Kier molecular flexibility index (Phi) is 3.12. The van der Waals surface area contributed by atoms with Crippen LogP contribution in [0.4, 0.5) is 4.39 Å². The average Bonchev–Trinajstić information content (AvgIpc) is 2.70. The van der Waals surface area contributed by atoms with Crippen molar-refractivity contribution >= 4 is 21.9 Å². The first kappa shape index (κ1) is 13.3. The largest absolute Gasteiger partial charge is 0.481 e. The first-order valence-corrected chi connectivity index (χ1v) is 7.07. The molecule has 1 fully saturated rings. The van der Waals surface area contributed by atoms with Crippen LogP contribution in [0.3, 0.4) is 0 Å². The van der Waals surface area contributed by atoms with Gasteiger partial charge in [-0.25, -0.2) is 9.07 Å². The fourth-order valence-electron chi connectivity index (χ4n) is 2.51. The van der Waals surface area contributed by atoms with Crippen LogP contribution in [0.5, 0.6) is 0 Å². The van der Waals surface area contributed by atoms with Crippen LogP contribution in [0.1, 0.15) is 25.0 Å². The molecular weight excluding hydrogens is 327 g/mol. The quantitative estimate of drug-likeness (QED) is 0.934. The van der Waals surface area contributed by atoms with Crippen molar-refractivity contribution < 1.29 is 14.3 Å². The van der Waals surface area contributed by atoms with Crippen LogP contribution in [0, 0.1) is 5.82 Å². The van der Waals surface area contributed by atoms with Crippen molar-refractivity contribution in [2.24, 2.45) is 0 Å². The third kappa shape index (κ3) is 1.95. The molecule has 1 aliphatic rings. The first-order chi connectivity index (χ1) is 9.53. The predicted molar refractivity (Wildman–Crippen MR) is 74.4 cm³/mol. The highest BCUT2D eigenvalue weighted by Gasteiger charge is 2.49. The Morgan fingerprint density at radius 2 is 2.20 bits per heavy atom. The maximum absolute atomic E-state index is 13.3. The van der Waals surface area contributed by atoms with E-state index < -0.39 is 11.4 Å². The molecule has 20 heavy (non-hydrogen) atoms. The van der Waals surface area contributed by atoms with Gasteiger partial charge >= 0.3 is 5.97 Å². The van der Waals surface area contributed by atoms with Crippen molar-refractivity contribution in [2.45, 2.75) is 24.7 Å². The molecule has 1 aliphatic carbocycles. The lowest BCUT2D eigenvalue weighted by Gasteiger charge is -2.36. The molecule has 104 valence electrons. The summed E-state index contributed by atoms with van der Waals surface area (Å²) in [4.78, 5) is 11.5. The average molecular weight is 339 g/mol. The molecule has 4 nitrogen and oxygen atoms in total. The highest BCUT2D eigenvalue weighted by atomic mass is 79.9. The molecular formula is C14H12BrFN2O2. The Morgan fingerprint density at radius 1 is 1.45 bits per heavy atom. The minimum Gasteiger partial charge on any atom is -0.481 e. The fourth-order valence-corrected chi connectivity index (χ4v) is 3.16. The zero-order valence-electron chi connectivity index (χ0n) is 10.5. The lowest BCUT2D eigenvalue weighted by Crippen LogP contribution is -2.43. The van der Waals surface area contributed by atoms with E-state index in [2.05, 4.69) is 21.0 Å². The smallest absolute Gasteiger partial charge is 0.315 e. The number of hydrogen-bond acceptors (Lipinski definition) is 2. The zero-order chi connectivity index (χ0) is 14.3. The number of halogens is 2. The topological polar surface area (TPSA) is 55.1 Å². The predicted octanol–water partition coefficient (Wildman–Crippen LogP) is 3.28. The van der Waals surface area contributed by atoms with Gasteiger partial charge in [-0.1, -0.05) is 12.5 Å². The molecule has 0 saturated heterocycles. The van der Waals surface area contributed by atoms with Crippen LogP contribution in [-0.4, -0.2) is 20.9 Å². The Labute approximate surface area is 123 Å². The molecule has 1 heterocycles. The summed E-state index contributed by atoms with van der Waals surface area (Å²) in [5.41, 5.74) is 0.176. The molecule has 0 amide bonds. The second kappa shape index (κ2) is 4.70. The molecule has 2 aromatic rings. The number of aliphatic carboxylic acids is 1. The Morgan fingerprint density at radius 3 is 2.75 bits per heavy atom. The van der Waals surface area contributed by atoms with E-state index in [0.717, 1.165) is 6.42 Å². The Bertz CT molecular complexity index is 680. The highest BCUT2D eigenvalue weighted by Crippen LogP contribution is 2.45. The summed E-state index contributed by atoms with van der Waals surface area (Å²) in [5, 5.41) is 13.8. The Hall–Kier alpha value is -1.69. The van der Waals surface area contributed by atoms with Gasteiger partial charge in [-0.05, 0) is 47.0 Å². The van der Waals surface area contributed by atoms with E-state index in [0.29, 0.717) is 28.7 Å². The van der Waals surface area contributed by atoms with Crippen molar-refractivity contribution in [1.82, 2.24) is 9.78 Å². The van der Waals surface area contributed by atoms with Crippen molar-refractivity contribution in [3.63, 3.8) is 0 Å². The van der Waals surface area contributed by atoms with Gasteiger partial charge in [0.15, 0.2) is 0 Å². The maximum atomic E-state index is 13.3. The summed E-state index contributed by atoms with van der Waals surface area (Å²) in [6, 6.07) is 6.03. The molecule has 1 N–H and O–H groups in total. The number of rotatable bonds is 3. The number of carboxylic acid groups (broad SMARTS) is 1. The highest BCUT2D eigenvalue weighted by molar-refractivity contribution is 9.10. The van der Waals surface area contributed by atoms with E-state index in [1.165, 1.54) is 16.8 Å². The molecule has 0 atom stereocenters. The summed E-state index contributed by atoms with van der Waals surface area (Å²) in [6.07, 6.45) is 3.72. The summed E-state index contributed by atoms with van der Waals surface area (Å²) >= 11 is 3.37. The number of hydrogen-bond donors (Lipinski definition) is 1. The van der Waals surface area contributed by atoms with E-state index >= 15 is 0 Å². The van der Waals surface area contributed by atoms with E-state index in [1.807, 2.05) is 0 Å². The second-order valence-corrected chi connectivity index (χ2v) is 5.85. The minimum atomic E-state index is -0.905. The molecule has 0 unspecified atom stereocenters. The SMILES string of the molecule is O=C(O)C1(c2nn(-c3cccc(F)c3)cc2Br)CCC1. The zero-order valence-corrected chi connectivity index (χ0v) is 12.1. The van der Waals surface area contributed by atoms with E-state index in [9.17, 15) is 14.3 Å². The van der Waals surface area contributed by atoms with Gasteiger partial charge in [0, 0.05) is 6.20 Å². The van der Waals surface area contributed by atoms with Crippen LogP contribution in [0.2, 0.25) is 0 Å². The fraction of sp³-hybridized carbons (Fsp3) is 0.286. The molecule has 0 bridgehead atoms. The van der Waals surface area contributed by atoms with Crippen LogP contribution < -0.4 is 0 Å². The molecule has 0 radical (unpaired) electrons. The standard InChI is InChI=1S/C14H12BrFN2O2/c15-11-8-18(10-4-1-3-9(16)7-10)17-12(11)14(13(19)20)5-2-6-14/h1,3-4,7-8H,2,5-6H2,(H,19,20). The number of benzene rings is 1. The van der Waals surface area contributed by atoms with Crippen LogP contribution in [0.15, 0.2) is 34.9 Å². The third-order valence-electron chi connectivity index (χ3n) is 3.81. The van der Waals surface area contributed by atoms with E-state index in [1.54, 1.807) is 18.3 Å². The summed E-state index contributed by atoms with van der Waals surface area (Å²) in [5.74, 6) is -1.21. The van der Waals surface area contributed by atoms with Crippen molar-refractivity contribution in [1.29, 1.82) is 0 Å². The van der Waals surface area contributed by atoms with E-state index in [4.69, 9.17) is 0 Å². The van der Waals surface area contributed by atoms with Gasteiger partial charge < -0.3 is 5.11 Å². The lowest BCUT2D eigenvalue weighted by atomic mass is 9.67. The van der Waals surface area contributed by atoms with Gasteiger partial charge in [0.05, 0.1) is 15.9 Å². The van der Waals surface area contributed by atoms with Gasteiger partial charge in [0.2, 0.25) is 0 Å². The van der Waals surface area contributed by atoms with Gasteiger partial charge in [-0.15, -0.1) is 0 Å². The molecule has 0 spiro atoms. The maximum Gasteiger partial charge on any atom is 0.315 e. The Balaban J connectivity index is 2.06. The van der Waals surface area contributed by atoms with Gasteiger partial charge in [0.1, 0.15) is 11.2 Å². The van der Waals surface area contributed by atoms with Crippen molar-refractivity contribution in [3.05, 3.63) is 46.4 Å². The monoisotopic (exact) mass is 338 g/mol. The molecule has 3 rings (SSSR count). The lowest BCUT2D eigenvalue weighted by molar-refractivity contribution is -0.147. The van der Waals surface area contributed by atoms with Gasteiger partial charge in [0.25, 0.3) is 0 Å². The van der Waals surface area contributed by atoms with Gasteiger partial charge in [-0.3, -0.25) is 4.79 Å². The summed E-state index contributed by atoms with van der Waals surface area (Å²) in [7, 11) is 0. The van der Waals surface area contributed by atoms with Crippen LogP contribution in [0.25, 0.3) is 5.69 Å². The first-order valence-electron chi connectivity index (χ1n) is 6.28. The van der Waals surface area contributed by atoms with Crippen molar-refractivity contribution in [2.75, 3.05) is 0 Å². The number of carboxylic acids is 1. The number of aromatic nitrogens is 2. The molecule has 1 saturated carbocycles. The summed E-state index contributed by atoms with van der Waals surface area (Å²) < 4.78 is 15.4. The number of carbonyl (C=O) groups is 1. The minimum absolute atomic E-state index is 0.354. The van der Waals surface area contributed by atoms with E-state index in [-0.39, 0.29) is 5.82 Å². The molecule has 0 aliphatic heterocycles. The van der Waals surface area contributed by atoms with Crippen LogP contribution >= 0.6 is 15.9 Å². The van der Waals surface area contributed by atoms with Crippen molar-refractivity contribution in [3.8, 4) is 5.69 Å². The summed E-state index contributed by atoms with van der Waals surface area (Å²) in [6.45, 7) is 0. The van der Waals surface area contributed by atoms with Crippen LogP contribution in [-0.2, 0) is 10.2 Å². The molecule has 1 aromatic carbocycles. The molecule has 1 aromatic heterocycles. The second-order valence-electron chi connectivity index (χ2n) is 4.99. The molecule has 6 heteroatoms. The number of nitrogens with zero attached hydrogens (tertiary/aromatic N) is 2. The third-order valence-corrected chi connectivity index (χ3v) is 4.39. The normalized spacial score (nSPS) is 16.7. The van der Waals surface area contributed by atoms with Gasteiger partial charge in [-0.2, -0.15) is 5.10 Å².